The SMILES string of the molecule is CC(C)N1CCC(CNC(=O)c2cc(N)c(Cl)c(Cl)c2)C1. The van der Waals surface area contributed by atoms with E-state index < -0.39 is 0 Å². The van der Waals surface area contributed by atoms with Crippen molar-refractivity contribution in [3.8, 4) is 0 Å². The number of amides is 1. The van der Waals surface area contributed by atoms with Crippen molar-refractivity contribution in [3.05, 3.63) is 27.7 Å². The van der Waals surface area contributed by atoms with Crippen molar-refractivity contribution < 1.29 is 4.79 Å². The number of nitrogen functional groups attached to an aromatic ring is 1. The molecule has 1 aromatic rings. The van der Waals surface area contributed by atoms with Gasteiger partial charge in [-0.05, 0) is 44.9 Å². The molecule has 1 aromatic carbocycles. The van der Waals surface area contributed by atoms with Crippen LogP contribution < -0.4 is 11.1 Å². The molecule has 116 valence electrons. The van der Waals surface area contributed by atoms with Crippen LogP contribution in [0, 0.1) is 5.92 Å². The molecule has 1 aliphatic heterocycles. The Hall–Kier alpha value is -0.970. The van der Waals surface area contributed by atoms with Crippen molar-refractivity contribution in [2.75, 3.05) is 25.4 Å². The van der Waals surface area contributed by atoms with Gasteiger partial charge < -0.3 is 16.0 Å². The van der Waals surface area contributed by atoms with Crippen molar-refractivity contribution in [1.29, 1.82) is 0 Å². The molecular formula is C15H21Cl2N3O. The second kappa shape index (κ2) is 6.86. The highest BCUT2D eigenvalue weighted by Crippen LogP contribution is 2.29. The van der Waals surface area contributed by atoms with Gasteiger partial charge in [0.1, 0.15) is 0 Å². The molecule has 0 aliphatic carbocycles. The molecule has 3 N–H and O–H groups in total. The minimum atomic E-state index is -0.164. The highest BCUT2D eigenvalue weighted by atomic mass is 35.5. The molecule has 0 radical (unpaired) electrons. The minimum Gasteiger partial charge on any atom is -0.397 e. The Morgan fingerprint density at radius 3 is 2.76 bits per heavy atom. The van der Waals surface area contributed by atoms with E-state index in [-0.39, 0.29) is 10.9 Å². The molecule has 1 fully saturated rings. The van der Waals surface area contributed by atoms with Crippen LogP contribution in [0.1, 0.15) is 30.6 Å². The molecule has 6 heteroatoms. The Morgan fingerprint density at radius 1 is 1.48 bits per heavy atom. The van der Waals surface area contributed by atoms with Crippen molar-refractivity contribution in [1.82, 2.24) is 10.2 Å². The van der Waals surface area contributed by atoms with Gasteiger partial charge >= 0.3 is 0 Å². The number of carbonyl (C=O) groups excluding carboxylic acids is 1. The van der Waals surface area contributed by atoms with Gasteiger partial charge in [0, 0.05) is 24.7 Å². The zero-order valence-corrected chi connectivity index (χ0v) is 13.8. The minimum absolute atomic E-state index is 0.164. The lowest BCUT2D eigenvalue weighted by atomic mass is 10.1. The van der Waals surface area contributed by atoms with Gasteiger partial charge in [-0.1, -0.05) is 23.2 Å². The first-order valence-electron chi connectivity index (χ1n) is 7.15. The zero-order chi connectivity index (χ0) is 15.6. The molecule has 4 nitrogen and oxygen atoms in total. The normalized spacial score (nSPS) is 19.2. The number of carbonyl (C=O) groups is 1. The summed E-state index contributed by atoms with van der Waals surface area (Å²) in [6.07, 6.45) is 1.11. The molecule has 1 heterocycles. The van der Waals surface area contributed by atoms with Crippen LogP contribution in [0.25, 0.3) is 0 Å². The summed E-state index contributed by atoms with van der Waals surface area (Å²) in [5, 5.41) is 3.54. The number of hydrogen-bond donors (Lipinski definition) is 2. The maximum atomic E-state index is 12.2. The van der Waals surface area contributed by atoms with Crippen LogP contribution in [-0.4, -0.2) is 36.5 Å². The third kappa shape index (κ3) is 4.02. The lowest BCUT2D eigenvalue weighted by Gasteiger charge is -2.20. The van der Waals surface area contributed by atoms with Crippen molar-refractivity contribution in [2.45, 2.75) is 26.3 Å². The first-order chi connectivity index (χ1) is 9.88. The molecular weight excluding hydrogens is 309 g/mol. The zero-order valence-electron chi connectivity index (χ0n) is 12.3. The highest BCUT2D eigenvalue weighted by Gasteiger charge is 2.24. The van der Waals surface area contributed by atoms with Crippen molar-refractivity contribution >= 4 is 34.8 Å². The number of nitrogens with zero attached hydrogens (tertiary/aromatic N) is 1. The third-order valence-electron chi connectivity index (χ3n) is 3.92. The molecule has 0 bridgehead atoms. The van der Waals surface area contributed by atoms with Crippen LogP contribution >= 0.6 is 23.2 Å². The topological polar surface area (TPSA) is 58.4 Å². The van der Waals surface area contributed by atoms with Gasteiger partial charge in [0.05, 0.1) is 15.7 Å². The van der Waals surface area contributed by atoms with Crippen LogP contribution in [0.5, 0.6) is 0 Å². The number of anilines is 1. The summed E-state index contributed by atoms with van der Waals surface area (Å²) in [7, 11) is 0. The van der Waals surface area contributed by atoms with E-state index in [0.29, 0.717) is 34.8 Å². The van der Waals surface area contributed by atoms with Gasteiger partial charge in [-0.25, -0.2) is 0 Å². The van der Waals surface area contributed by atoms with Crippen LogP contribution in [-0.2, 0) is 0 Å². The number of hydrogen-bond acceptors (Lipinski definition) is 3. The van der Waals surface area contributed by atoms with E-state index in [1.807, 2.05) is 0 Å². The van der Waals surface area contributed by atoms with E-state index in [9.17, 15) is 4.79 Å². The molecule has 1 unspecified atom stereocenters. The van der Waals surface area contributed by atoms with Crippen LogP contribution in [0.15, 0.2) is 12.1 Å². The summed E-state index contributed by atoms with van der Waals surface area (Å²) in [4.78, 5) is 14.6. The average molecular weight is 330 g/mol. The number of nitrogens with one attached hydrogen (secondary N) is 1. The third-order valence-corrected chi connectivity index (χ3v) is 4.73. The van der Waals surface area contributed by atoms with Gasteiger partial charge in [-0.15, -0.1) is 0 Å². The number of rotatable bonds is 4. The summed E-state index contributed by atoms with van der Waals surface area (Å²) < 4.78 is 0. The summed E-state index contributed by atoms with van der Waals surface area (Å²) in [5.74, 6) is 0.333. The molecule has 0 spiro atoms. The maximum absolute atomic E-state index is 12.2. The maximum Gasteiger partial charge on any atom is 0.251 e. The van der Waals surface area contributed by atoms with E-state index in [1.165, 1.54) is 0 Å². The molecule has 1 saturated heterocycles. The van der Waals surface area contributed by atoms with Gasteiger partial charge in [0.25, 0.3) is 5.91 Å². The molecule has 1 amide bonds. The lowest BCUT2D eigenvalue weighted by Crippen LogP contribution is -2.33. The van der Waals surface area contributed by atoms with Gasteiger partial charge in [0.2, 0.25) is 0 Å². The molecule has 1 aliphatic rings. The Bertz CT molecular complexity index is 511. The fourth-order valence-corrected chi connectivity index (χ4v) is 2.91. The molecule has 2 rings (SSSR count). The van der Waals surface area contributed by atoms with Crippen LogP contribution in [0.3, 0.4) is 0 Å². The predicted octanol–water partition coefficient (Wildman–Crippen LogP) is 3.04. The molecule has 0 aromatic heterocycles. The summed E-state index contributed by atoms with van der Waals surface area (Å²) in [6.45, 7) is 7.18. The Morgan fingerprint density at radius 2 is 2.19 bits per heavy atom. The molecule has 21 heavy (non-hydrogen) atoms. The van der Waals surface area contributed by atoms with Crippen LogP contribution in [0.4, 0.5) is 5.69 Å². The number of benzene rings is 1. The van der Waals surface area contributed by atoms with Crippen molar-refractivity contribution in [2.24, 2.45) is 5.92 Å². The van der Waals surface area contributed by atoms with Crippen LogP contribution in [0.2, 0.25) is 10.0 Å². The smallest absolute Gasteiger partial charge is 0.251 e. The van der Waals surface area contributed by atoms with E-state index in [0.717, 1.165) is 19.5 Å². The lowest BCUT2D eigenvalue weighted by molar-refractivity contribution is 0.0947. The Balaban J connectivity index is 1.91. The Kier molecular flexibility index (Phi) is 5.36. The number of likely N-dealkylation sites (tertiary alicyclic amines) is 1. The first-order valence-corrected chi connectivity index (χ1v) is 7.91. The van der Waals surface area contributed by atoms with E-state index in [4.69, 9.17) is 28.9 Å². The fourth-order valence-electron chi connectivity index (χ4n) is 2.58. The monoisotopic (exact) mass is 329 g/mol. The molecule has 0 saturated carbocycles. The summed E-state index contributed by atoms with van der Waals surface area (Å²) in [6, 6.07) is 3.66. The number of halogens is 2. The van der Waals surface area contributed by atoms with Gasteiger partial charge in [-0.2, -0.15) is 0 Å². The Labute approximate surface area is 135 Å². The molecule has 1 atom stereocenters. The van der Waals surface area contributed by atoms with Crippen molar-refractivity contribution in [3.63, 3.8) is 0 Å². The van der Waals surface area contributed by atoms with E-state index in [1.54, 1.807) is 12.1 Å². The largest absolute Gasteiger partial charge is 0.397 e. The summed E-state index contributed by atoms with van der Waals surface area (Å²) in [5.41, 5.74) is 6.49. The second-order valence-corrected chi connectivity index (χ2v) is 6.60. The van der Waals surface area contributed by atoms with E-state index in [2.05, 4.69) is 24.1 Å². The van der Waals surface area contributed by atoms with E-state index >= 15 is 0 Å². The highest BCUT2D eigenvalue weighted by molar-refractivity contribution is 6.43. The van der Waals surface area contributed by atoms with Gasteiger partial charge in [-0.3, -0.25) is 4.79 Å². The quantitative estimate of drug-likeness (QED) is 0.835. The van der Waals surface area contributed by atoms with Gasteiger partial charge in [0.15, 0.2) is 0 Å². The average Bonchev–Trinajstić information content (AvgIpc) is 2.90. The number of nitrogens with two attached hydrogens (primary N) is 1. The predicted molar refractivity (Wildman–Crippen MR) is 88.0 cm³/mol. The standard InChI is InChI=1S/C15H21Cl2N3O/c1-9(2)20-4-3-10(8-20)7-19-15(21)11-5-12(16)14(17)13(18)6-11/h5-6,9-10H,3-4,7-8,18H2,1-2H3,(H,19,21). The summed E-state index contributed by atoms with van der Waals surface area (Å²) >= 11 is 11.8. The first kappa shape index (κ1) is 16.4. The second-order valence-electron chi connectivity index (χ2n) is 5.81. The fraction of sp³-hybridized carbons (Fsp3) is 0.533.